The number of hydrogen-bond acceptors (Lipinski definition) is 1. The Balaban J connectivity index is 2.15. The topological polar surface area (TPSA) is 12.0 Å². The fourth-order valence-electron chi connectivity index (χ4n) is 2.62. The zero-order valence-corrected chi connectivity index (χ0v) is 11.7. The standard InChI is InChI=1S/C14H20BrN/c1-3-8-16-14-7-4-11-9-12(15)5-6-13(11)10(14)2/h5-6,9-10,14,16H,3-4,7-8H2,1-2H3. The van der Waals surface area contributed by atoms with Crippen LogP contribution in [0.2, 0.25) is 0 Å². The molecule has 88 valence electrons. The van der Waals surface area contributed by atoms with Crippen molar-refractivity contribution in [3.05, 3.63) is 33.8 Å². The number of benzene rings is 1. The van der Waals surface area contributed by atoms with Gasteiger partial charge in [0.05, 0.1) is 0 Å². The van der Waals surface area contributed by atoms with Crippen LogP contribution in [0.15, 0.2) is 22.7 Å². The molecule has 2 unspecified atom stereocenters. The first-order chi connectivity index (χ1) is 7.72. The summed E-state index contributed by atoms with van der Waals surface area (Å²) < 4.78 is 1.21. The van der Waals surface area contributed by atoms with Crippen molar-refractivity contribution in [2.75, 3.05) is 6.54 Å². The summed E-state index contributed by atoms with van der Waals surface area (Å²) in [4.78, 5) is 0. The maximum absolute atomic E-state index is 3.66. The zero-order valence-electron chi connectivity index (χ0n) is 10.1. The number of aryl methyl sites for hydroxylation is 1. The normalized spacial score (nSPS) is 24.2. The Kier molecular flexibility index (Phi) is 4.04. The molecule has 0 aliphatic heterocycles. The van der Waals surface area contributed by atoms with Gasteiger partial charge >= 0.3 is 0 Å². The number of nitrogens with one attached hydrogen (secondary N) is 1. The molecule has 1 aromatic rings. The van der Waals surface area contributed by atoms with Crippen LogP contribution in [0.1, 0.15) is 43.7 Å². The highest BCUT2D eigenvalue weighted by Crippen LogP contribution is 2.33. The third-order valence-electron chi connectivity index (χ3n) is 3.58. The van der Waals surface area contributed by atoms with Crippen LogP contribution in [0.3, 0.4) is 0 Å². The van der Waals surface area contributed by atoms with Gasteiger partial charge in [0.15, 0.2) is 0 Å². The zero-order chi connectivity index (χ0) is 11.5. The molecule has 0 saturated carbocycles. The van der Waals surface area contributed by atoms with E-state index in [-0.39, 0.29) is 0 Å². The van der Waals surface area contributed by atoms with E-state index in [1.807, 2.05) is 0 Å². The Bertz CT molecular complexity index is 362. The van der Waals surface area contributed by atoms with Crippen LogP contribution in [0.25, 0.3) is 0 Å². The number of halogens is 1. The maximum Gasteiger partial charge on any atom is 0.0178 e. The van der Waals surface area contributed by atoms with Gasteiger partial charge in [-0.2, -0.15) is 0 Å². The van der Waals surface area contributed by atoms with Gasteiger partial charge in [0, 0.05) is 10.5 Å². The van der Waals surface area contributed by atoms with Crippen LogP contribution in [0, 0.1) is 0 Å². The second kappa shape index (κ2) is 5.33. The first kappa shape index (κ1) is 12.1. The highest BCUT2D eigenvalue weighted by molar-refractivity contribution is 9.10. The Morgan fingerprint density at radius 2 is 2.25 bits per heavy atom. The molecule has 0 aromatic heterocycles. The first-order valence-electron chi connectivity index (χ1n) is 6.24. The van der Waals surface area contributed by atoms with Crippen molar-refractivity contribution >= 4 is 15.9 Å². The molecule has 0 amide bonds. The summed E-state index contributed by atoms with van der Waals surface area (Å²) in [7, 11) is 0. The van der Waals surface area contributed by atoms with E-state index >= 15 is 0 Å². The van der Waals surface area contributed by atoms with Gasteiger partial charge in [0.1, 0.15) is 0 Å². The number of rotatable bonds is 3. The predicted octanol–water partition coefficient (Wildman–Crippen LogP) is 3.87. The van der Waals surface area contributed by atoms with Crippen molar-refractivity contribution in [1.29, 1.82) is 0 Å². The smallest absolute Gasteiger partial charge is 0.0178 e. The highest BCUT2D eigenvalue weighted by atomic mass is 79.9. The van der Waals surface area contributed by atoms with E-state index in [2.05, 4.69) is 53.3 Å². The van der Waals surface area contributed by atoms with Gasteiger partial charge < -0.3 is 5.32 Å². The summed E-state index contributed by atoms with van der Waals surface area (Å²) in [6.45, 7) is 5.71. The van der Waals surface area contributed by atoms with Crippen LogP contribution >= 0.6 is 15.9 Å². The molecule has 0 saturated heterocycles. The molecule has 0 spiro atoms. The van der Waals surface area contributed by atoms with Crippen molar-refractivity contribution < 1.29 is 0 Å². The van der Waals surface area contributed by atoms with Gasteiger partial charge in [0.2, 0.25) is 0 Å². The SMILES string of the molecule is CCCNC1CCc2cc(Br)ccc2C1C. The van der Waals surface area contributed by atoms with E-state index in [0.29, 0.717) is 12.0 Å². The van der Waals surface area contributed by atoms with E-state index in [4.69, 9.17) is 0 Å². The summed E-state index contributed by atoms with van der Waals surface area (Å²) in [6, 6.07) is 7.39. The largest absolute Gasteiger partial charge is 0.313 e. The monoisotopic (exact) mass is 281 g/mol. The lowest BCUT2D eigenvalue weighted by molar-refractivity contribution is 0.404. The van der Waals surface area contributed by atoms with E-state index in [9.17, 15) is 0 Å². The summed E-state index contributed by atoms with van der Waals surface area (Å²) in [6.07, 6.45) is 3.70. The van der Waals surface area contributed by atoms with Crippen molar-refractivity contribution in [1.82, 2.24) is 5.32 Å². The van der Waals surface area contributed by atoms with Crippen LogP contribution < -0.4 is 5.32 Å². The molecule has 0 heterocycles. The first-order valence-corrected chi connectivity index (χ1v) is 7.03. The second-order valence-corrected chi connectivity index (χ2v) is 5.65. The fraction of sp³-hybridized carbons (Fsp3) is 0.571. The number of fused-ring (bicyclic) bond motifs is 1. The Morgan fingerprint density at radius 3 is 3.00 bits per heavy atom. The third-order valence-corrected chi connectivity index (χ3v) is 4.07. The molecule has 0 bridgehead atoms. The molecule has 1 aromatic carbocycles. The molecular formula is C14H20BrN. The maximum atomic E-state index is 3.66. The summed E-state index contributed by atoms with van der Waals surface area (Å²) in [5.74, 6) is 0.642. The van der Waals surface area contributed by atoms with E-state index in [1.54, 1.807) is 0 Å². The van der Waals surface area contributed by atoms with Crippen LogP contribution in [0.4, 0.5) is 0 Å². The molecule has 0 radical (unpaired) electrons. The molecule has 2 rings (SSSR count). The van der Waals surface area contributed by atoms with Crippen molar-refractivity contribution in [2.24, 2.45) is 0 Å². The molecule has 1 aliphatic carbocycles. The second-order valence-electron chi connectivity index (χ2n) is 4.73. The lowest BCUT2D eigenvalue weighted by Gasteiger charge is -2.32. The summed E-state index contributed by atoms with van der Waals surface area (Å²) in [5, 5.41) is 3.66. The van der Waals surface area contributed by atoms with Gasteiger partial charge in [-0.25, -0.2) is 0 Å². The highest BCUT2D eigenvalue weighted by Gasteiger charge is 2.25. The quantitative estimate of drug-likeness (QED) is 0.887. The summed E-state index contributed by atoms with van der Waals surface area (Å²) in [5.41, 5.74) is 3.06. The molecule has 16 heavy (non-hydrogen) atoms. The Labute approximate surface area is 107 Å². The molecule has 0 fully saturated rings. The lowest BCUT2D eigenvalue weighted by atomic mass is 9.80. The minimum atomic E-state index is 0.642. The van der Waals surface area contributed by atoms with Gasteiger partial charge in [-0.15, -0.1) is 0 Å². The fourth-order valence-corrected chi connectivity index (χ4v) is 3.03. The van der Waals surface area contributed by atoms with E-state index < -0.39 is 0 Å². The van der Waals surface area contributed by atoms with Gasteiger partial charge in [-0.05, 0) is 55.0 Å². The molecule has 2 heteroatoms. The lowest BCUT2D eigenvalue weighted by Crippen LogP contribution is -2.37. The van der Waals surface area contributed by atoms with Crippen molar-refractivity contribution in [3.63, 3.8) is 0 Å². The van der Waals surface area contributed by atoms with E-state index in [1.165, 1.54) is 34.9 Å². The average Bonchev–Trinajstić information content (AvgIpc) is 2.28. The van der Waals surface area contributed by atoms with Crippen LogP contribution in [-0.2, 0) is 6.42 Å². The molecule has 1 aliphatic rings. The van der Waals surface area contributed by atoms with Gasteiger partial charge in [-0.3, -0.25) is 0 Å². The van der Waals surface area contributed by atoms with E-state index in [0.717, 1.165) is 6.54 Å². The van der Waals surface area contributed by atoms with Crippen molar-refractivity contribution in [2.45, 2.75) is 45.1 Å². The minimum Gasteiger partial charge on any atom is -0.313 e. The Morgan fingerprint density at radius 1 is 1.44 bits per heavy atom. The molecular weight excluding hydrogens is 262 g/mol. The molecule has 1 N–H and O–H groups in total. The molecule has 1 nitrogen and oxygen atoms in total. The number of hydrogen-bond donors (Lipinski definition) is 1. The third kappa shape index (κ3) is 2.49. The molecule has 2 atom stereocenters. The van der Waals surface area contributed by atoms with Gasteiger partial charge in [0.25, 0.3) is 0 Å². The Hall–Kier alpha value is -0.340. The van der Waals surface area contributed by atoms with Crippen molar-refractivity contribution in [3.8, 4) is 0 Å². The average molecular weight is 282 g/mol. The van der Waals surface area contributed by atoms with Crippen LogP contribution in [0.5, 0.6) is 0 Å². The van der Waals surface area contributed by atoms with Gasteiger partial charge in [-0.1, -0.05) is 35.8 Å². The summed E-state index contributed by atoms with van der Waals surface area (Å²) >= 11 is 3.55. The predicted molar refractivity (Wildman–Crippen MR) is 73.0 cm³/mol. The van der Waals surface area contributed by atoms with Crippen LogP contribution in [-0.4, -0.2) is 12.6 Å². The minimum absolute atomic E-state index is 0.642.